The third kappa shape index (κ3) is 2.88. The molecule has 0 unspecified atom stereocenters. The molecule has 0 radical (unpaired) electrons. The van der Waals surface area contributed by atoms with E-state index in [2.05, 4.69) is 5.32 Å². The quantitative estimate of drug-likeness (QED) is 0.602. The molecule has 2 rings (SSSR count). The Kier molecular flexibility index (Phi) is 3.70. The van der Waals surface area contributed by atoms with Crippen LogP contribution < -0.4 is 16.8 Å². The summed E-state index contributed by atoms with van der Waals surface area (Å²) >= 11 is 0. The highest BCUT2D eigenvalue weighted by Gasteiger charge is 2.16. The minimum absolute atomic E-state index is 0.217. The van der Waals surface area contributed by atoms with E-state index in [4.69, 9.17) is 11.5 Å². The van der Waals surface area contributed by atoms with Crippen LogP contribution in [-0.2, 0) is 0 Å². The number of nitrogen functional groups attached to an aromatic ring is 1. The molecule has 5 N–H and O–H groups in total. The van der Waals surface area contributed by atoms with Gasteiger partial charge in [-0.15, -0.1) is 0 Å². The van der Waals surface area contributed by atoms with Gasteiger partial charge >= 0.3 is 0 Å². The van der Waals surface area contributed by atoms with Crippen molar-refractivity contribution in [2.45, 2.75) is 0 Å². The second-order valence-corrected chi connectivity index (χ2v) is 4.15. The fraction of sp³-hybridized carbons (Fsp3) is 0. The first-order valence-corrected chi connectivity index (χ1v) is 5.60. The van der Waals surface area contributed by atoms with Crippen LogP contribution in [0.5, 0.6) is 0 Å². The highest BCUT2D eigenvalue weighted by atomic mass is 19.1. The van der Waals surface area contributed by atoms with E-state index < -0.39 is 40.6 Å². The fourth-order valence-electron chi connectivity index (χ4n) is 1.69. The zero-order chi connectivity index (χ0) is 15.7. The van der Waals surface area contributed by atoms with Crippen LogP contribution in [0.2, 0.25) is 0 Å². The molecule has 21 heavy (non-hydrogen) atoms. The van der Waals surface area contributed by atoms with E-state index in [1.165, 1.54) is 0 Å². The van der Waals surface area contributed by atoms with Gasteiger partial charge in [0, 0.05) is 17.8 Å². The summed E-state index contributed by atoms with van der Waals surface area (Å²) < 4.78 is 53.5. The normalized spacial score (nSPS) is 10.5. The third-order valence-electron chi connectivity index (χ3n) is 2.67. The first kappa shape index (κ1) is 14.6. The number of halogens is 4. The smallest absolute Gasteiger partial charge is 0.250 e. The topological polar surface area (TPSA) is 81.1 Å². The Morgan fingerprint density at radius 2 is 1.52 bits per heavy atom. The summed E-state index contributed by atoms with van der Waals surface area (Å²) in [5.74, 6) is -5.53. The van der Waals surface area contributed by atoms with Gasteiger partial charge in [0.1, 0.15) is 17.3 Å². The summed E-state index contributed by atoms with van der Waals surface area (Å²) in [6, 6.07) is 2.54. The molecule has 0 aliphatic rings. The number of carbonyl (C=O) groups is 1. The molecule has 0 saturated carbocycles. The number of hydrogen-bond acceptors (Lipinski definition) is 3. The van der Waals surface area contributed by atoms with Crippen LogP contribution in [0.1, 0.15) is 10.4 Å². The Morgan fingerprint density at radius 1 is 0.952 bits per heavy atom. The summed E-state index contributed by atoms with van der Waals surface area (Å²) in [5.41, 5.74) is 8.80. The van der Waals surface area contributed by atoms with E-state index >= 15 is 0 Å². The van der Waals surface area contributed by atoms with Gasteiger partial charge in [-0.2, -0.15) is 0 Å². The van der Waals surface area contributed by atoms with Crippen LogP contribution in [0.25, 0.3) is 0 Å². The standard InChI is InChI=1S/C13H9F4N3O/c14-5-1-8(16)12(9(17)2-5)20-11-3-6(13(19)21)10(18)4-7(11)15/h1-4,20H,18H2,(H2,19,21). The zero-order valence-electron chi connectivity index (χ0n) is 10.4. The lowest BCUT2D eigenvalue weighted by atomic mass is 10.1. The van der Waals surface area contributed by atoms with Gasteiger partial charge in [-0.05, 0) is 12.1 Å². The van der Waals surface area contributed by atoms with Gasteiger partial charge in [-0.3, -0.25) is 4.79 Å². The lowest BCUT2D eigenvalue weighted by molar-refractivity contribution is 0.100. The van der Waals surface area contributed by atoms with E-state index in [-0.39, 0.29) is 11.3 Å². The predicted octanol–water partition coefficient (Wildman–Crippen LogP) is 2.67. The summed E-state index contributed by atoms with van der Waals surface area (Å²) in [5, 5.41) is 2.10. The molecule has 0 bridgehead atoms. The third-order valence-corrected chi connectivity index (χ3v) is 2.67. The largest absolute Gasteiger partial charge is 0.398 e. The van der Waals surface area contributed by atoms with Crippen molar-refractivity contribution in [1.29, 1.82) is 0 Å². The lowest BCUT2D eigenvalue weighted by Crippen LogP contribution is -2.14. The first-order chi connectivity index (χ1) is 9.79. The zero-order valence-corrected chi connectivity index (χ0v) is 10.4. The van der Waals surface area contributed by atoms with Crippen molar-refractivity contribution in [2.75, 3.05) is 11.1 Å². The van der Waals surface area contributed by atoms with Crippen LogP contribution in [0.15, 0.2) is 24.3 Å². The van der Waals surface area contributed by atoms with Crippen LogP contribution in [-0.4, -0.2) is 5.91 Å². The average molecular weight is 299 g/mol. The number of nitrogens with two attached hydrogens (primary N) is 2. The number of carbonyl (C=O) groups excluding carboxylic acids is 1. The summed E-state index contributed by atoms with van der Waals surface area (Å²) in [7, 11) is 0. The molecule has 110 valence electrons. The number of primary amides is 1. The molecule has 4 nitrogen and oxygen atoms in total. The molecule has 0 spiro atoms. The molecule has 0 heterocycles. The maximum absolute atomic E-state index is 13.7. The second kappa shape index (κ2) is 5.31. The highest BCUT2D eigenvalue weighted by molar-refractivity contribution is 5.99. The molecule has 1 amide bonds. The molecule has 2 aromatic rings. The van der Waals surface area contributed by atoms with Crippen molar-refractivity contribution in [3.63, 3.8) is 0 Å². The molecule has 2 aromatic carbocycles. The Hall–Kier alpha value is -2.77. The Bertz CT molecular complexity index is 711. The Labute approximate surface area is 116 Å². The molecule has 0 fully saturated rings. The van der Waals surface area contributed by atoms with Gasteiger partial charge in [0.2, 0.25) is 0 Å². The van der Waals surface area contributed by atoms with E-state index in [9.17, 15) is 22.4 Å². The van der Waals surface area contributed by atoms with Crippen molar-refractivity contribution in [3.8, 4) is 0 Å². The van der Waals surface area contributed by atoms with Crippen molar-refractivity contribution in [3.05, 3.63) is 53.1 Å². The minimum atomic E-state index is -1.26. The van der Waals surface area contributed by atoms with E-state index in [0.717, 1.165) is 12.1 Å². The molecule has 8 heteroatoms. The number of anilines is 3. The highest BCUT2D eigenvalue weighted by Crippen LogP contribution is 2.28. The summed E-state index contributed by atoms with van der Waals surface area (Å²) in [6.07, 6.45) is 0. The SMILES string of the molecule is NC(=O)c1cc(Nc2c(F)cc(F)cc2F)c(F)cc1N. The van der Waals surface area contributed by atoms with Crippen LogP contribution in [0.3, 0.4) is 0 Å². The molecule has 0 aliphatic heterocycles. The van der Waals surface area contributed by atoms with Crippen molar-refractivity contribution < 1.29 is 22.4 Å². The number of rotatable bonds is 3. The number of nitrogens with one attached hydrogen (secondary N) is 1. The second-order valence-electron chi connectivity index (χ2n) is 4.15. The predicted molar refractivity (Wildman–Crippen MR) is 68.9 cm³/mol. The Morgan fingerprint density at radius 3 is 2.05 bits per heavy atom. The fourth-order valence-corrected chi connectivity index (χ4v) is 1.69. The maximum Gasteiger partial charge on any atom is 0.250 e. The van der Waals surface area contributed by atoms with Gasteiger partial charge in [0.25, 0.3) is 5.91 Å². The van der Waals surface area contributed by atoms with E-state index in [1.807, 2.05) is 0 Å². The van der Waals surface area contributed by atoms with Crippen molar-refractivity contribution in [1.82, 2.24) is 0 Å². The summed E-state index contributed by atoms with van der Waals surface area (Å²) in [6.45, 7) is 0. The summed E-state index contributed by atoms with van der Waals surface area (Å²) in [4.78, 5) is 11.1. The van der Waals surface area contributed by atoms with Crippen LogP contribution in [0, 0.1) is 23.3 Å². The molecular weight excluding hydrogens is 290 g/mol. The first-order valence-electron chi connectivity index (χ1n) is 5.60. The van der Waals surface area contributed by atoms with Gasteiger partial charge in [0.15, 0.2) is 11.6 Å². The molecule has 0 atom stereocenters. The van der Waals surface area contributed by atoms with Gasteiger partial charge < -0.3 is 16.8 Å². The number of benzene rings is 2. The molecule has 0 saturated heterocycles. The minimum Gasteiger partial charge on any atom is -0.398 e. The lowest BCUT2D eigenvalue weighted by Gasteiger charge is -2.12. The van der Waals surface area contributed by atoms with Gasteiger partial charge in [-0.25, -0.2) is 17.6 Å². The maximum atomic E-state index is 13.7. The average Bonchev–Trinajstić information content (AvgIpc) is 2.35. The van der Waals surface area contributed by atoms with Crippen molar-refractivity contribution in [2.24, 2.45) is 5.73 Å². The monoisotopic (exact) mass is 299 g/mol. The molecule has 0 aliphatic carbocycles. The van der Waals surface area contributed by atoms with Gasteiger partial charge in [-0.1, -0.05) is 0 Å². The molecule has 0 aromatic heterocycles. The van der Waals surface area contributed by atoms with Gasteiger partial charge in [0.05, 0.1) is 11.3 Å². The van der Waals surface area contributed by atoms with E-state index in [0.29, 0.717) is 12.1 Å². The number of hydrogen-bond donors (Lipinski definition) is 3. The van der Waals surface area contributed by atoms with Crippen molar-refractivity contribution >= 4 is 23.0 Å². The van der Waals surface area contributed by atoms with E-state index in [1.54, 1.807) is 0 Å². The van der Waals surface area contributed by atoms with Crippen LogP contribution >= 0.6 is 0 Å². The Balaban J connectivity index is 2.50. The number of amides is 1. The molecular formula is C13H9F4N3O. The van der Waals surface area contributed by atoms with Crippen LogP contribution in [0.4, 0.5) is 34.6 Å².